The van der Waals surface area contributed by atoms with E-state index in [9.17, 15) is 4.79 Å². The van der Waals surface area contributed by atoms with Crippen molar-refractivity contribution in [2.75, 3.05) is 0 Å². The molecule has 3 aromatic rings. The third-order valence-corrected chi connectivity index (χ3v) is 6.32. The summed E-state index contributed by atoms with van der Waals surface area (Å²) in [5.74, 6) is 0.584. The maximum Gasteiger partial charge on any atom is 0.257 e. The van der Waals surface area contributed by atoms with E-state index in [4.69, 9.17) is 0 Å². The summed E-state index contributed by atoms with van der Waals surface area (Å²) in [7, 11) is 2.01. The number of carbonyl (C=O) groups is 1. The van der Waals surface area contributed by atoms with Gasteiger partial charge >= 0.3 is 0 Å². The number of aryl methyl sites for hydroxylation is 3. The summed E-state index contributed by atoms with van der Waals surface area (Å²) in [5, 5.41) is 8.81. The lowest BCUT2D eigenvalue weighted by Gasteiger charge is -2.39. The molecule has 5 heterocycles. The molecule has 5 rings (SSSR count). The Labute approximate surface area is 158 Å². The van der Waals surface area contributed by atoms with Gasteiger partial charge in [-0.05, 0) is 45.6 Å². The molecule has 3 aromatic heterocycles. The van der Waals surface area contributed by atoms with Gasteiger partial charge in [0.05, 0.1) is 17.0 Å². The molecule has 2 atom stereocenters. The highest BCUT2D eigenvalue weighted by atomic mass is 16.2. The zero-order valence-corrected chi connectivity index (χ0v) is 16.0. The molecule has 140 valence electrons. The second-order valence-electron chi connectivity index (χ2n) is 7.96. The summed E-state index contributed by atoms with van der Waals surface area (Å²) in [5.41, 5.74) is 4.52. The largest absolute Gasteiger partial charge is 0.333 e. The Bertz CT molecular complexity index is 1020. The van der Waals surface area contributed by atoms with Crippen LogP contribution in [-0.2, 0) is 7.05 Å². The van der Waals surface area contributed by atoms with Gasteiger partial charge in [0.1, 0.15) is 0 Å². The fourth-order valence-electron chi connectivity index (χ4n) is 5.05. The summed E-state index contributed by atoms with van der Waals surface area (Å²) in [4.78, 5) is 20.0. The lowest BCUT2D eigenvalue weighted by Crippen LogP contribution is -2.46. The summed E-state index contributed by atoms with van der Waals surface area (Å²) in [6.45, 7) is 3.90. The quantitative estimate of drug-likeness (QED) is 0.701. The highest BCUT2D eigenvalue weighted by Gasteiger charge is 2.44. The number of fused-ring (bicyclic) bond motifs is 3. The smallest absolute Gasteiger partial charge is 0.257 e. The first kappa shape index (κ1) is 16.5. The minimum atomic E-state index is 0.103. The standard InChI is InChI=1S/C20H24N6O/c1-12-8-19-21-11-17(13(2)26(19)23-12)20(27)25-15-4-5-16(25)10-14(9-15)18-6-7-22-24(18)3/h6-8,11,14-16H,4-5,9-10H2,1-3H3. The minimum absolute atomic E-state index is 0.103. The van der Waals surface area contributed by atoms with Crippen LogP contribution in [0.2, 0.25) is 0 Å². The Morgan fingerprint density at radius 2 is 1.93 bits per heavy atom. The number of piperidine rings is 1. The zero-order chi connectivity index (χ0) is 18.7. The van der Waals surface area contributed by atoms with Crippen LogP contribution in [0.5, 0.6) is 0 Å². The molecule has 2 fully saturated rings. The van der Waals surface area contributed by atoms with Gasteiger partial charge in [-0.2, -0.15) is 10.2 Å². The molecule has 2 saturated heterocycles. The highest BCUT2D eigenvalue weighted by molar-refractivity contribution is 5.96. The van der Waals surface area contributed by atoms with Crippen LogP contribution in [0.1, 0.15) is 59.0 Å². The molecule has 0 N–H and O–H groups in total. The van der Waals surface area contributed by atoms with E-state index < -0.39 is 0 Å². The van der Waals surface area contributed by atoms with E-state index in [0.717, 1.165) is 42.7 Å². The molecule has 7 heteroatoms. The van der Waals surface area contributed by atoms with Crippen LogP contribution < -0.4 is 0 Å². The maximum atomic E-state index is 13.4. The van der Waals surface area contributed by atoms with Gasteiger partial charge in [0.2, 0.25) is 0 Å². The normalized spacial score (nSPS) is 24.7. The van der Waals surface area contributed by atoms with Crippen molar-refractivity contribution in [2.45, 2.75) is 57.5 Å². The van der Waals surface area contributed by atoms with Crippen molar-refractivity contribution < 1.29 is 4.79 Å². The molecule has 0 aliphatic carbocycles. The van der Waals surface area contributed by atoms with Crippen LogP contribution in [0.15, 0.2) is 24.5 Å². The van der Waals surface area contributed by atoms with Crippen LogP contribution >= 0.6 is 0 Å². The van der Waals surface area contributed by atoms with Crippen LogP contribution in [0.25, 0.3) is 5.65 Å². The van der Waals surface area contributed by atoms with E-state index in [2.05, 4.69) is 26.1 Å². The van der Waals surface area contributed by atoms with E-state index in [0.29, 0.717) is 23.6 Å². The van der Waals surface area contributed by atoms with E-state index in [1.165, 1.54) is 5.69 Å². The second-order valence-corrected chi connectivity index (χ2v) is 7.96. The van der Waals surface area contributed by atoms with Gasteiger partial charge in [-0.1, -0.05) is 0 Å². The van der Waals surface area contributed by atoms with Crippen molar-refractivity contribution in [1.82, 2.24) is 29.3 Å². The molecule has 27 heavy (non-hydrogen) atoms. The van der Waals surface area contributed by atoms with Gasteiger partial charge in [0.25, 0.3) is 5.91 Å². The Hall–Kier alpha value is -2.70. The summed E-state index contributed by atoms with van der Waals surface area (Å²) < 4.78 is 3.76. The molecule has 2 bridgehead atoms. The monoisotopic (exact) mass is 364 g/mol. The van der Waals surface area contributed by atoms with Crippen molar-refractivity contribution in [2.24, 2.45) is 7.05 Å². The van der Waals surface area contributed by atoms with Crippen molar-refractivity contribution in [1.29, 1.82) is 0 Å². The van der Waals surface area contributed by atoms with Gasteiger partial charge in [0, 0.05) is 49.2 Å². The third-order valence-electron chi connectivity index (χ3n) is 6.32. The van der Waals surface area contributed by atoms with Gasteiger partial charge < -0.3 is 4.90 Å². The van der Waals surface area contributed by atoms with E-state index >= 15 is 0 Å². The van der Waals surface area contributed by atoms with Gasteiger partial charge in [-0.25, -0.2) is 9.50 Å². The van der Waals surface area contributed by atoms with Crippen molar-refractivity contribution in [3.8, 4) is 0 Å². The molecular weight excluding hydrogens is 340 g/mol. The fraction of sp³-hybridized carbons (Fsp3) is 0.500. The van der Waals surface area contributed by atoms with Crippen LogP contribution in [-0.4, -0.2) is 47.3 Å². The number of hydrogen-bond acceptors (Lipinski definition) is 4. The lowest BCUT2D eigenvalue weighted by molar-refractivity contribution is 0.0566. The van der Waals surface area contributed by atoms with Gasteiger partial charge in [-0.15, -0.1) is 0 Å². The van der Waals surface area contributed by atoms with Gasteiger partial charge in [0.15, 0.2) is 5.65 Å². The number of hydrogen-bond donors (Lipinski definition) is 0. The second kappa shape index (κ2) is 5.90. The third kappa shape index (κ3) is 2.48. The number of nitrogens with zero attached hydrogens (tertiary/aromatic N) is 6. The average Bonchev–Trinajstić information content (AvgIpc) is 3.30. The van der Waals surface area contributed by atoms with Crippen LogP contribution in [0.3, 0.4) is 0 Å². The maximum absolute atomic E-state index is 13.4. The Morgan fingerprint density at radius 1 is 1.19 bits per heavy atom. The summed E-state index contributed by atoms with van der Waals surface area (Å²) >= 11 is 0. The molecule has 0 aromatic carbocycles. The number of rotatable bonds is 2. The van der Waals surface area contributed by atoms with Crippen molar-refractivity contribution in [3.05, 3.63) is 47.2 Å². The van der Waals surface area contributed by atoms with Crippen LogP contribution in [0.4, 0.5) is 0 Å². The Morgan fingerprint density at radius 3 is 2.59 bits per heavy atom. The van der Waals surface area contributed by atoms with Crippen molar-refractivity contribution in [3.63, 3.8) is 0 Å². The topological polar surface area (TPSA) is 68.3 Å². The molecule has 1 amide bonds. The molecule has 0 spiro atoms. The first-order valence-electron chi connectivity index (χ1n) is 9.65. The molecule has 7 nitrogen and oxygen atoms in total. The highest BCUT2D eigenvalue weighted by Crippen LogP contribution is 2.43. The molecule has 2 aliphatic heterocycles. The number of carbonyl (C=O) groups excluding carboxylic acids is 1. The summed E-state index contributed by atoms with van der Waals surface area (Å²) in [6.07, 6.45) is 7.78. The molecular formula is C20H24N6O. The first-order valence-corrected chi connectivity index (χ1v) is 9.65. The predicted octanol–water partition coefficient (Wildman–Crippen LogP) is 2.63. The molecule has 2 unspecified atom stereocenters. The molecule has 2 aliphatic rings. The SMILES string of the molecule is Cc1cc2ncc(C(=O)N3C4CCC3CC(c3ccnn3C)C4)c(C)n2n1. The fourth-order valence-corrected chi connectivity index (χ4v) is 5.05. The number of aromatic nitrogens is 5. The Balaban J connectivity index is 1.45. The molecule has 0 radical (unpaired) electrons. The zero-order valence-electron chi connectivity index (χ0n) is 16.0. The first-order chi connectivity index (χ1) is 13.0. The van der Waals surface area contributed by atoms with Crippen LogP contribution in [0, 0.1) is 13.8 Å². The lowest BCUT2D eigenvalue weighted by atomic mass is 9.87. The predicted molar refractivity (Wildman–Crippen MR) is 101 cm³/mol. The van der Waals surface area contributed by atoms with E-state index in [1.807, 2.05) is 37.8 Å². The van der Waals surface area contributed by atoms with E-state index in [1.54, 1.807) is 10.7 Å². The van der Waals surface area contributed by atoms with Crippen molar-refractivity contribution >= 4 is 11.6 Å². The van der Waals surface area contributed by atoms with E-state index in [-0.39, 0.29) is 5.91 Å². The number of amides is 1. The minimum Gasteiger partial charge on any atom is -0.333 e. The average molecular weight is 364 g/mol. The summed E-state index contributed by atoms with van der Waals surface area (Å²) in [6, 6.07) is 4.64. The van der Waals surface area contributed by atoms with Gasteiger partial charge in [-0.3, -0.25) is 9.48 Å². The Kier molecular flexibility index (Phi) is 3.60. The molecule has 0 saturated carbocycles.